The van der Waals surface area contributed by atoms with E-state index in [0.29, 0.717) is 17.2 Å². The summed E-state index contributed by atoms with van der Waals surface area (Å²) < 4.78 is 16.0. The third kappa shape index (κ3) is 4.97. The SMILES string of the molecule is COc1ccc(NC(=O)COC(=O)Cn2ccc(=O)[nH]c2=O)cc1OC. The number of aromatic amines is 1. The van der Waals surface area contributed by atoms with E-state index in [1.54, 1.807) is 18.2 Å². The fourth-order valence-electron chi connectivity index (χ4n) is 2.01. The number of nitrogens with one attached hydrogen (secondary N) is 2. The highest BCUT2D eigenvalue weighted by molar-refractivity contribution is 5.93. The number of amides is 1. The molecule has 0 radical (unpaired) electrons. The van der Waals surface area contributed by atoms with Crippen molar-refractivity contribution in [2.75, 3.05) is 26.1 Å². The van der Waals surface area contributed by atoms with Crippen LogP contribution in [-0.4, -0.2) is 42.3 Å². The average molecular weight is 363 g/mol. The number of hydrogen-bond acceptors (Lipinski definition) is 7. The van der Waals surface area contributed by atoms with Crippen molar-refractivity contribution < 1.29 is 23.8 Å². The lowest BCUT2D eigenvalue weighted by atomic mass is 10.2. The van der Waals surface area contributed by atoms with E-state index in [0.717, 1.165) is 16.8 Å². The lowest BCUT2D eigenvalue weighted by Crippen LogP contribution is -2.32. The Morgan fingerprint density at radius 2 is 1.85 bits per heavy atom. The maximum Gasteiger partial charge on any atom is 0.328 e. The molecule has 0 aliphatic carbocycles. The third-order valence-corrected chi connectivity index (χ3v) is 3.23. The number of carbonyl (C=O) groups excluding carboxylic acids is 2. The van der Waals surface area contributed by atoms with Gasteiger partial charge in [-0.3, -0.25) is 23.9 Å². The molecule has 2 N–H and O–H groups in total. The van der Waals surface area contributed by atoms with Gasteiger partial charge >= 0.3 is 11.7 Å². The number of benzene rings is 1. The number of nitrogens with zero attached hydrogens (tertiary/aromatic N) is 1. The van der Waals surface area contributed by atoms with E-state index < -0.39 is 36.3 Å². The molecule has 0 atom stereocenters. The number of rotatable bonds is 7. The van der Waals surface area contributed by atoms with Crippen LogP contribution in [0.5, 0.6) is 11.5 Å². The van der Waals surface area contributed by atoms with Gasteiger partial charge in [-0.25, -0.2) is 4.79 Å². The highest BCUT2D eigenvalue weighted by Crippen LogP contribution is 2.29. The highest BCUT2D eigenvalue weighted by Gasteiger charge is 2.11. The molecule has 138 valence electrons. The van der Waals surface area contributed by atoms with E-state index in [2.05, 4.69) is 5.32 Å². The Labute approximate surface area is 147 Å². The number of esters is 1. The first-order chi connectivity index (χ1) is 12.4. The van der Waals surface area contributed by atoms with Crippen LogP contribution in [0.2, 0.25) is 0 Å². The summed E-state index contributed by atoms with van der Waals surface area (Å²) in [6.07, 6.45) is 1.16. The van der Waals surface area contributed by atoms with Crippen LogP contribution in [0.25, 0.3) is 0 Å². The van der Waals surface area contributed by atoms with Crippen LogP contribution >= 0.6 is 0 Å². The van der Waals surface area contributed by atoms with Gasteiger partial charge < -0.3 is 19.5 Å². The molecule has 0 fully saturated rings. The summed E-state index contributed by atoms with van der Waals surface area (Å²) in [4.78, 5) is 48.0. The molecule has 0 bridgehead atoms. The van der Waals surface area contributed by atoms with Crippen LogP contribution in [0, 0.1) is 0 Å². The van der Waals surface area contributed by atoms with Crippen molar-refractivity contribution in [2.45, 2.75) is 6.54 Å². The summed E-state index contributed by atoms with van der Waals surface area (Å²) in [5, 5.41) is 2.54. The zero-order chi connectivity index (χ0) is 19.1. The van der Waals surface area contributed by atoms with Gasteiger partial charge in [-0.15, -0.1) is 0 Å². The van der Waals surface area contributed by atoms with Gasteiger partial charge in [-0.05, 0) is 12.1 Å². The van der Waals surface area contributed by atoms with E-state index >= 15 is 0 Å². The molecule has 2 aromatic rings. The Bertz CT molecular complexity index is 917. The molecule has 1 heterocycles. The second-order valence-corrected chi connectivity index (χ2v) is 5.02. The van der Waals surface area contributed by atoms with Crippen LogP contribution in [0.1, 0.15) is 0 Å². The summed E-state index contributed by atoms with van der Waals surface area (Å²) in [6, 6.07) is 5.86. The van der Waals surface area contributed by atoms with Gasteiger partial charge in [0.1, 0.15) is 6.54 Å². The first-order valence-corrected chi connectivity index (χ1v) is 7.40. The largest absolute Gasteiger partial charge is 0.493 e. The van der Waals surface area contributed by atoms with Crippen LogP contribution < -0.4 is 26.0 Å². The predicted molar refractivity (Wildman–Crippen MR) is 90.5 cm³/mol. The van der Waals surface area contributed by atoms with E-state index in [1.165, 1.54) is 14.2 Å². The van der Waals surface area contributed by atoms with Gasteiger partial charge in [0.2, 0.25) is 0 Å². The van der Waals surface area contributed by atoms with Gasteiger partial charge in [0.15, 0.2) is 18.1 Å². The first kappa shape index (κ1) is 18.8. The van der Waals surface area contributed by atoms with Crippen molar-refractivity contribution in [3.8, 4) is 11.5 Å². The Balaban J connectivity index is 1.89. The molecule has 10 nitrogen and oxygen atoms in total. The van der Waals surface area contributed by atoms with E-state index in [1.807, 2.05) is 4.98 Å². The molecule has 0 unspecified atom stereocenters. The summed E-state index contributed by atoms with van der Waals surface area (Å²) in [7, 11) is 2.95. The van der Waals surface area contributed by atoms with Crippen molar-refractivity contribution in [2.24, 2.45) is 0 Å². The summed E-state index contributed by atoms with van der Waals surface area (Å²) in [6.45, 7) is -0.968. The quantitative estimate of drug-likeness (QED) is 0.648. The van der Waals surface area contributed by atoms with Crippen molar-refractivity contribution in [1.82, 2.24) is 9.55 Å². The van der Waals surface area contributed by atoms with Gasteiger partial charge in [-0.1, -0.05) is 0 Å². The molecule has 0 aliphatic heterocycles. The van der Waals surface area contributed by atoms with Crippen molar-refractivity contribution in [3.05, 3.63) is 51.3 Å². The number of methoxy groups -OCH3 is 2. The summed E-state index contributed by atoms with van der Waals surface area (Å²) >= 11 is 0. The topological polar surface area (TPSA) is 129 Å². The van der Waals surface area contributed by atoms with Crippen LogP contribution in [0.3, 0.4) is 0 Å². The molecule has 10 heteroatoms. The molecule has 2 rings (SSSR count). The lowest BCUT2D eigenvalue weighted by molar-refractivity contribution is -0.148. The molecule has 0 saturated carbocycles. The Morgan fingerprint density at radius 3 is 2.50 bits per heavy atom. The van der Waals surface area contributed by atoms with Gasteiger partial charge in [0, 0.05) is 24.0 Å². The van der Waals surface area contributed by atoms with E-state index in [9.17, 15) is 19.2 Å². The fourth-order valence-corrected chi connectivity index (χ4v) is 2.01. The molecule has 1 amide bonds. The van der Waals surface area contributed by atoms with Crippen molar-refractivity contribution in [3.63, 3.8) is 0 Å². The minimum absolute atomic E-state index is 0.430. The van der Waals surface area contributed by atoms with Crippen LogP contribution in [0.4, 0.5) is 5.69 Å². The van der Waals surface area contributed by atoms with E-state index in [4.69, 9.17) is 14.2 Å². The fraction of sp³-hybridized carbons (Fsp3) is 0.250. The zero-order valence-electron chi connectivity index (χ0n) is 14.1. The molecular weight excluding hydrogens is 346 g/mol. The van der Waals surface area contributed by atoms with Crippen molar-refractivity contribution >= 4 is 17.6 Å². The Kier molecular flexibility index (Phi) is 6.15. The average Bonchev–Trinajstić information content (AvgIpc) is 2.62. The highest BCUT2D eigenvalue weighted by atomic mass is 16.5. The number of aromatic nitrogens is 2. The molecule has 0 aliphatic rings. The number of carbonyl (C=O) groups is 2. The summed E-state index contributed by atoms with van der Waals surface area (Å²) in [5.74, 6) is -0.441. The molecule has 1 aromatic heterocycles. The second kappa shape index (κ2) is 8.51. The maximum atomic E-state index is 11.9. The van der Waals surface area contributed by atoms with Gasteiger partial charge in [0.25, 0.3) is 11.5 Å². The zero-order valence-corrected chi connectivity index (χ0v) is 14.1. The number of anilines is 1. The standard InChI is InChI=1S/C16H17N3O7/c1-24-11-4-3-10(7-12(11)25-2)17-14(21)9-26-15(22)8-19-6-5-13(20)18-16(19)23/h3-7H,8-9H2,1-2H3,(H,17,21)(H,18,20,23). The van der Waals surface area contributed by atoms with Gasteiger partial charge in [0.05, 0.1) is 14.2 Å². The second-order valence-electron chi connectivity index (χ2n) is 5.02. The molecule has 1 aromatic carbocycles. The molecule has 0 spiro atoms. The molecular formula is C16H17N3O7. The Morgan fingerprint density at radius 1 is 1.12 bits per heavy atom. The molecule has 0 saturated heterocycles. The third-order valence-electron chi connectivity index (χ3n) is 3.23. The summed E-state index contributed by atoms with van der Waals surface area (Å²) in [5.41, 5.74) is -0.890. The van der Waals surface area contributed by atoms with Crippen molar-refractivity contribution in [1.29, 1.82) is 0 Å². The Hall–Kier alpha value is -3.56. The minimum Gasteiger partial charge on any atom is -0.493 e. The molecule has 26 heavy (non-hydrogen) atoms. The van der Waals surface area contributed by atoms with Gasteiger partial charge in [-0.2, -0.15) is 0 Å². The van der Waals surface area contributed by atoms with Crippen LogP contribution in [-0.2, 0) is 20.9 Å². The monoisotopic (exact) mass is 363 g/mol. The van der Waals surface area contributed by atoms with E-state index in [-0.39, 0.29) is 0 Å². The number of hydrogen-bond donors (Lipinski definition) is 2. The number of H-pyrrole nitrogens is 1. The normalized spacial score (nSPS) is 10.1. The number of ether oxygens (including phenoxy) is 3. The first-order valence-electron chi connectivity index (χ1n) is 7.40. The predicted octanol–water partition coefficient (Wildman–Crippen LogP) is -0.264. The smallest absolute Gasteiger partial charge is 0.328 e. The lowest BCUT2D eigenvalue weighted by Gasteiger charge is -2.11. The van der Waals surface area contributed by atoms with Crippen LogP contribution in [0.15, 0.2) is 40.1 Å². The maximum absolute atomic E-state index is 11.9. The minimum atomic E-state index is -0.804.